The summed E-state index contributed by atoms with van der Waals surface area (Å²) >= 11 is 6.85. The summed E-state index contributed by atoms with van der Waals surface area (Å²) in [6, 6.07) is 2.11. The van der Waals surface area contributed by atoms with Crippen LogP contribution in [-0.4, -0.2) is 41.2 Å². The topological polar surface area (TPSA) is 39.1 Å². The van der Waals surface area contributed by atoms with Crippen LogP contribution >= 0.6 is 24.0 Å². The van der Waals surface area contributed by atoms with Gasteiger partial charge in [-0.05, 0) is 0 Å². The lowest BCUT2D eigenvalue weighted by molar-refractivity contribution is 0.368. The van der Waals surface area contributed by atoms with Crippen molar-refractivity contribution in [2.24, 2.45) is 0 Å². The van der Waals surface area contributed by atoms with E-state index in [1.807, 2.05) is 0 Å². The predicted molar refractivity (Wildman–Crippen MR) is 59.7 cm³/mol. The lowest BCUT2D eigenvalue weighted by Gasteiger charge is -2.28. The Morgan fingerprint density at radius 2 is 2.23 bits per heavy atom. The van der Waals surface area contributed by atoms with Crippen LogP contribution in [0.25, 0.3) is 0 Å². The van der Waals surface area contributed by atoms with E-state index >= 15 is 0 Å². The molecule has 0 bridgehead atoms. The summed E-state index contributed by atoms with van der Waals surface area (Å²) in [5, 5.41) is 11.6. The molecule has 0 spiro atoms. The first-order valence-corrected chi connectivity index (χ1v) is 5.73. The summed E-state index contributed by atoms with van der Waals surface area (Å²) in [4.78, 5) is 2.20. The van der Waals surface area contributed by atoms with Crippen molar-refractivity contribution in [1.82, 2.24) is 10.2 Å². The molecule has 3 nitrogen and oxygen atoms in total. The smallest absolute Gasteiger partial charge is 0.136 e. The van der Waals surface area contributed by atoms with E-state index in [1.54, 1.807) is 11.8 Å². The standard InChI is InChI=1S/C8H13N3S2/c9-2-1-7-13-8(12)11-5-3-10-4-6-11/h10H,1,3-7H2. The van der Waals surface area contributed by atoms with Crippen LogP contribution in [0.3, 0.4) is 0 Å². The van der Waals surface area contributed by atoms with Crippen LogP contribution in [0.15, 0.2) is 0 Å². The van der Waals surface area contributed by atoms with E-state index in [2.05, 4.69) is 16.3 Å². The van der Waals surface area contributed by atoms with Crippen molar-refractivity contribution in [3.8, 4) is 6.07 Å². The van der Waals surface area contributed by atoms with Crippen LogP contribution in [-0.2, 0) is 0 Å². The monoisotopic (exact) mass is 215 g/mol. The van der Waals surface area contributed by atoms with Gasteiger partial charge in [-0.2, -0.15) is 5.26 Å². The molecule has 0 aliphatic carbocycles. The summed E-state index contributed by atoms with van der Waals surface area (Å²) in [7, 11) is 0. The molecule has 13 heavy (non-hydrogen) atoms. The summed E-state index contributed by atoms with van der Waals surface area (Å²) in [6.45, 7) is 4.02. The Morgan fingerprint density at radius 1 is 1.54 bits per heavy atom. The molecule has 0 unspecified atom stereocenters. The third-order valence-electron chi connectivity index (χ3n) is 1.81. The second-order valence-corrected chi connectivity index (χ2v) is 4.49. The van der Waals surface area contributed by atoms with E-state index in [4.69, 9.17) is 17.5 Å². The van der Waals surface area contributed by atoms with Gasteiger partial charge in [-0.25, -0.2) is 0 Å². The Bertz CT molecular complexity index is 206. The first-order chi connectivity index (χ1) is 6.34. The molecule has 1 N–H and O–H groups in total. The summed E-state index contributed by atoms with van der Waals surface area (Å²) in [5.74, 6) is 0.819. The van der Waals surface area contributed by atoms with Gasteiger partial charge >= 0.3 is 0 Å². The van der Waals surface area contributed by atoms with Crippen LogP contribution in [0, 0.1) is 11.3 Å². The van der Waals surface area contributed by atoms with Crippen LogP contribution in [0.2, 0.25) is 0 Å². The zero-order chi connectivity index (χ0) is 9.52. The molecule has 1 heterocycles. The molecule has 0 amide bonds. The fourth-order valence-corrected chi connectivity index (χ4v) is 2.29. The lowest BCUT2D eigenvalue weighted by atomic mass is 10.4. The minimum atomic E-state index is 0.580. The Morgan fingerprint density at radius 3 is 2.85 bits per heavy atom. The lowest BCUT2D eigenvalue weighted by Crippen LogP contribution is -2.45. The van der Waals surface area contributed by atoms with Crippen molar-refractivity contribution in [3.63, 3.8) is 0 Å². The quantitative estimate of drug-likeness (QED) is 0.545. The van der Waals surface area contributed by atoms with E-state index in [9.17, 15) is 0 Å². The molecule has 0 aromatic heterocycles. The Kier molecular flexibility index (Phi) is 5.13. The molecule has 0 aromatic carbocycles. The van der Waals surface area contributed by atoms with Crippen molar-refractivity contribution in [2.75, 3.05) is 31.9 Å². The van der Waals surface area contributed by atoms with E-state index in [0.717, 1.165) is 36.3 Å². The van der Waals surface area contributed by atoms with Gasteiger partial charge in [-0.15, -0.1) is 0 Å². The molecule has 1 fully saturated rings. The Labute approximate surface area is 88.5 Å². The van der Waals surface area contributed by atoms with Gasteiger partial charge in [0.1, 0.15) is 4.32 Å². The molecule has 1 aliphatic heterocycles. The first-order valence-electron chi connectivity index (χ1n) is 4.34. The number of nitriles is 1. The van der Waals surface area contributed by atoms with Crippen molar-refractivity contribution in [1.29, 1.82) is 5.26 Å². The molecule has 72 valence electrons. The third-order valence-corrected chi connectivity index (χ3v) is 3.34. The second kappa shape index (κ2) is 6.19. The number of nitrogens with zero attached hydrogens (tertiary/aromatic N) is 2. The van der Waals surface area contributed by atoms with Crippen molar-refractivity contribution in [3.05, 3.63) is 0 Å². The van der Waals surface area contributed by atoms with Gasteiger partial charge in [-0.3, -0.25) is 0 Å². The van der Waals surface area contributed by atoms with Crippen LogP contribution in [0.5, 0.6) is 0 Å². The Balaban J connectivity index is 2.18. The zero-order valence-corrected chi connectivity index (χ0v) is 9.09. The number of piperazine rings is 1. The predicted octanol–water partition coefficient (Wildman–Crippen LogP) is 0.823. The van der Waals surface area contributed by atoms with Crippen molar-refractivity contribution < 1.29 is 0 Å². The number of thioether (sulfide) groups is 1. The van der Waals surface area contributed by atoms with Gasteiger partial charge in [0.05, 0.1) is 6.07 Å². The largest absolute Gasteiger partial charge is 0.355 e. The molecular formula is C8H13N3S2. The van der Waals surface area contributed by atoms with Gasteiger partial charge in [0.15, 0.2) is 0 Å². The van der Waals surface area contributed by atoms with Gasteiger partial charge < -0.3 is 10.2 Å². The molecule has 0 radical (unpaired) electrons. The third kappa shape index (κ3) is 3.94. The molecule has 0 atom stereocenters. The average molecular weight is 215 g/mol. The van der Waals surface area contributed by atoms with Gasteiger partial charge in [-0.1, -0.05) is 24.0 Å². The van der Waals surface area contributed by atoms with Crippen LogP contribution < -0.4 is 5.32 Å². The maximum Gasteiger partial charge on any atom is 0.136 e. The Hall–Kier alpha value is -0.310. The SMILES string of the molecule is N#CCCSC(=S)N1CCNCC1. The van der Waals surface area contributed by atoms with Crippen molar-refractivity contribution in [2.45, 2.75) is 6.42 Å². The van der Waals surface area contributed by atoms with Crippen molar-refractivity contribution >= 4 is 28.3 Å². The summed E-state index contributed by atoms with van der Waals surface area (Å²) in [6.07, 6.45) is 0.580. The highest BCUT2D eigenvalue weighted by Gasteiger charge is 2.12. The molecule has 1 rings (SSSR count). The average Bonchev–Trinajstić information content (AvgIpc) is 2.19. The molecule has 5 heteroatoms. The molecule has 0 aromatic rings. The van der Waals surface area contributed by atoms with Gasteiger partial charge in [0.25, 0.3) is 0 Å². The first kappa shape index (κ1) is 10.8. The molecule has 0 saturated carbocycles. The number of hydrogen-bond donors (Lipinski definition) is 1. The summed E-state index contributed by atoms with van der Waals surface area (Å²) in [5.41, 5.74) is 0. The highest BCUT2D eigenvalue weighted by atomic mass is 32.2. The van der Waals surface area contributed by atoms with E-state index in [0.29, 0.717) is 6.42 Å². The van der Waals surface area contributed by atoms with E-state index in [1.165, 1.54) is 0 Å². The molecule has 1 aliphatic rings. The number of nitrogens with one attached hydrogen (secondary N) is 1. The maximum absolute atomic E-state index is 8.36. The van der Waals surface area contributed by atoms with Crippen LogP contribution in [0.4, 0.5) is 0 Å². The fourth-order valence-electron chi connectivity index (χ4n) is 1.12. The second-order valence-electron chi connectivity index (χ2n) is 2.76. The zero-order valence-electron chi connectivity index (χ0n) is 7.45. The highest BCUT2D eigenvalue weighted by molar-refractivity contribution is 8.22. The van der Waals surface area contributed by atoms with E-state index < -0.39 is 0 Å². The molecule has 1 saturated heterocycles. The van der Waals surface area contributed by atoms with Crippen LogP contribution in [0.1, 0.15) is 6.42 Å². The normalized spacial score (nSPS) is 16.7. The van der Waals surface area contributed by atoms with E-state index in [-0.39, 0.29) is 0 Å². The summed E-state index contributed by atoms with van der Waals surface area (Å²) < 4.78 is 0.941. The fraction of sp³-hybridized carbons (Fsp3) is 0.750. The highest BCUT2D eigenvalue weighted by Crippen LogP contribution is 2.10. The number of hydrogen-bond acceptors (Lipinski definition) is 4. The molecular weight excluding hydrogens is 202 g/mol. The van der Waals surface area contributed by atoms with Gasteiger partial charge in [0, 0.05) is 38.4 Å². The minimum absolute atomic E-state index is 0.580. The number of thiocarbonyl (C=S) groups is 1. The minimum Gasteiger partial charge on any atom is -0.355 e. The van der Waals surface area contributed by atoms with Gasteiger partial charge in [0.2, 0.25) is 0 Å². The maximum atomic E-state index is 8.36. The number of rotatable bonds is 2.